The molecule has 2 bridgehead atoms. The van der Waals surface area contributed by atoms with Crippen LogP contribution in [0.15, 0.2) is 0 Å². The van der Waals surface area contributed by atoms with Crippen LogP contribution in [0.5, 0.6) is 0 Å². The zero-order chi connectivity index (χ0) is 13.0. The minimum atomic E-state index is 0.793. The summed E-state index contributed by atoms with van der Waals surface area (Å²) in [5.74, 6) is 4.51. The van der Waals surface area contributed by atoms with Crippen molar-refractivity contribution in [3.63, 3.8) is 0 Å². The third-order valence-corrected chi connectivity index (χ3v) is 6.69. The van der Waals surface area contributed by atoms with Crippen molar-refractivity contribution in [3.8, 4) is 0 Å². The second kappa shape index (κ2) is 4.73. The maximum absolute atomic E-state index is 3.74. The van der Waals surface area contributed by atoms with E-state index in [-0.39, 0.29) is 0 Å². The highest BCUT2D eigenvalue weighted by molar-refractivity contribution is 5.18. The van der Waals surface area contributed by atoms with E-state index in [1.165, 1.54) is 32.4 Å². The summed E-state index contributed by atoms with van der Waals surface area (Å²) in [7, 11) is 0. The monoisotopic (exact) mass is 262 g/mol. The number of hydrogen-bond donors (Lipinski definition) is 1. The second-order valence-corrected chi connectivity index (χ2v) is 7.74. The molecule has 108 valence electrons. The van der Waals surface area contributed by atoms with Crippen LogP contribution in [0.2, 0.25) is 0 Å². The summed E-state index contributed by atoms with van der Waals surface area (Å²) >= 11 is 0. The molecule has 1 heterocycles. The zero-order valence-electron chi connectivity index (χ0n) is 12.6. The van der Waals surface area contributed by atoms with Crippen LogP contribution in [0.25, 0.3) is 0 Å². The summed E-state index contributed by atoms with van der Waals surface area (Å²) in [6, 6.07) is 2.62. The van der Waals surface area contributed by atoms with Crippen molar-refractivity contribution in [1.82, 2.24) is 10.2 Å². The summed E-state index contributed by atoms with van der Waals surface area (Å²) < 4.78 is 0. The predicted molar refractivity (Wildman–Crippen MR) is 79.1 cm³/mol. The third kappa shape index (κ3) is 1.98. The summed E-state index contributed by atoms with van der Waals surface area (Å²) in [6.07, 6.45) is 8.75. The van der Waals surface area contributed by atoms with Gasteiger partial charge in [0.25, 0.3) is 0 Å². The molecule has 1 aliphatic heterocycles. The summed E-state index contributed by atoms with van der Waals surface area (Å²) in [6.45, 7) is 7.32. The number of hydrogen-bond acceptors (Lipinski definition) is 2. The second-order valence-electron chi connectivity index (χ2n) is 7.74. The topological polar surface area (TPSA) is 15.3 Å². The molecule has 3 aliphatic carbocycles. The Labute approximate surface area is 118 Å². The van der Waals surface area contributed by atoms with E-state index in [1.54, 1.807) is 19.3 Å². The van der Waals surface area contributed by atoms with Gasteiger partial charge < -0.3 is 5.32 Å². The fraction of sp³-hybridized carbons (Fsp3) is 1.00. The van der Waals surface area contributed by atoms with Gasteiger partial charge in [0.1, 0.15) is 0 Å². The lowest BCUT2D eigenvalue weighted by molar-refractivity contribution is 0.107. The zero-order valence-corrected chi connectivity index (χ0v) is 12.6. The van der Waals surface area contributed by atoms with E-state index in [1.807, 2.05) is 0 Å². The maximum Gasteiger partial charge on any atom is 0.0167 e. The maximum atomic E-state index is 3.74. The van der Waals surface area contributed by atoms with Crippen molar-refractivity contribution in [2.45, 2.75) is 70.5 Å². The normalized spacial score (nSPS) is 52.4. The van der Waals surface area contributed by atoms with Gasteiger partial charge in [-0.15, -0.1) is 0 Å². The van der Waals surface area contributed by atoms with Crippen LogP contribution in [0, 0.1) is 23.7 Å². The first-order valence-electron chi connectivity index (χ1n) is 8.78. The molecule has 0 aromatic heterocycles. The first kappa shape index (κ1) is 12.6. The van der Waals surface area contributed by atoms with Gasteiger partial charge in [-0.3, -0.25) is 4.90 Å². The minimum Gasteiger partial charge on any atom is -0.314 e. The van der Waals surface area contributed by atoms with E-state index >= 15 is 0 Å². The van der Waals surface area contributed by atoms with E-state index in [9.17, 15) is 0 Å². The van der Waals surface area contributed by atoms with Crippen molar-refractivity contribution in [1.29, 1.82) is 0 Å². The standard InChI is InChI=1S/C17H30N2/c1-3-7-18-14-6-8-19(11(2)9-14)17-15-12-4-5-13(10-12)16(15)17/h11-18H,3-10H2,1-2H3. The molecule has 4 fully saturated rings. The lowest BCUT2D eigenvalue weighted by atomic mass is 9.96. The number of rotatable bonds is 4. The van der Waals surface area contributed by atoms with Crippen LogP contribution in [-0.4, -0.2) is 36.1 Å². The van der Waals surface area contributed by atoms with Gasteiger partial charge in [0.05, 0.1) is 0 Å². The van der Waals surface area contributed by atoms with Gasteiger partial charge in [-0.2, -0.15) is 0 Å². The Balaban J connectivity index is 1.35. The first-order valence-corrected chi connectivity index (χ1v) is 8.78. The summed E-state index contributed by atoms with van der Waals surface area (Å²) in [5.41, 5.74) is 0. The molecule has 2 heteroatoms. The molecule has 0 amide bonds. The summed E-state index contributed by atoms with van der Waals surface area (Å²) in [4.78, 5) is 2.91. The number of piperidine rings is 1. The molecule has 6 atom stereocenters. The lowest BCUT2D eigenvalue weighted by Crippen LogP contribution is -2.49. The molecule has 2 nitrogen and oxygen atoms in total. The highest BCUT2D eigenvalue weighted by Gasteiger charge is 2.67. The predicted octanol–water partition coefficient (Wildman–Crippen LogP) is 2.88. The Kier molecular flexibility index (Phi) is 3.15. The molecule has 6 unspecified atom stereocenters. The highest BCUT2D eigenvalue weighted by Crippen LogP contribution is 2.67. The molecule has 0 aromatic rings. The minimum absolute atomic E-state index is 0.793. The Hall–Kier alpha value is -0.0800. The van der Waals surface area contributed by atoms with Gasteiger partial charge in [0.2, 0.25) is 0 Å². The Morgan fingerprint density at radius 3 is 2.42 bits per heavy atom. The van der Waals surface area contributed by atoms with Gasteiger partial charge in [0, 0.05) is 24.7 Å². The van der Waals surface area contributed by atoms with Gasteiger partial charge in [-0.25, -0.2) is 0 Å². The number of nitrogens with one attached hydrogen (secondary N) is 1. The SMILES string of the molecule is CCCNC1CCN(C2C3C4CCC(C4)C32)C(C)C1. The molecule has 1 saturated heterocycles. The molecule has 3 saturated carbocycles. The van der Waals surface area contributed by atoms with E-state index in [0.29, 0.717) is 0 Å². The smallest absolute Gasteiger partial charge is 0.0167 e. The van der Waals surface area contributed by atoms with Gasteiger partial charge >= 0.3 is 0 Å². The fourth-order valence-electron chi connectivity index (χ4n) is 5.89. The largest absolute Gasteiger partial charge is 0.314 e. The number of fused-ring (bicyclic) bond motifs is 5. The lowest BCUT2D eigenvalue weighted by Gasteiger charge is -2.39. The average molecular weight is 262 g/mol. The highest BCUT2D eigenvalue weighted by atomic mass is 15.2. The molecule has 4 rings (SSSR count). The third-order valence-electron chi connectivity index (χ3n) is 6.69. The molecule has 0 spiro atoms. The van der Waals surface area contributed by atoms with Crippen LogP contribution in [0.4, 0.5) is 0 Å². The number of nitrogens with zero attached hydrogens (tertiary/aromatic N) is 1. The molecule has 0 aromatic carbocycles. The van der Waals surface area contributed by atoms with Gasteiger partial charge in [-0.1, -0.05) is 6.92 Å². The van der Waals surface area contributed by atoms with Gasteiger partial charge in [0.15, 0.2) is 0 Å². The average Bonchev–Trinajstić information content (AvgIpc) is 2.84. The Morgan fingerprint density at radius 2 is 1.79 bits per heavy atom. The van der Waals surface area contributed by atoms with Crippen LogP contribution in [0.1, 0.15) is 52.4 Å². The molecule has 4 aliphatic rings. The fourth-order valence-corrected chi connectivity index (χ4v) is 5.89. The van der Waals surface area contributed by atoms with Crippen molar-refractivity contribution >= 4 is 0 Å². The van der Waals surface area contributed by atoms with E-state index in [4.69, 9.17) is 0 Å². The quantitative estimate of drug-likeness (QED) is 0.838. The van der Waals surface area contributed by atoms with Crippen LogP contribution in [0.3, 0.4) is 0 Å². The van der Waals surface area contributed by atoms with Crippen molar-refractivity contribution in [2.75, 3.05) is 13.1 Å². The molecule has 1 N–H and O–H groups in total. The molecule has 0 radical (unpaired) electrons. The van der Waals surface area contributed by atoms with Crippen LogP contribution < -0.4 is 5.32 Å². The van der Waals surface area contributed by atoms with E-state index in [2.05, 4.69) is 24.1 Å². The Bertz CT molecular complexity index is 326. The summed E-state index contributed by atoms with van der Waals surface area (Å²) in [5, 5.41) is 3.74. The van der Waals surface area contributed by atoms with E-state index in [0.717, 1.165) is 41.8 Å². The number of likely N-dealkylation sites (tertiary alicyclic amines) is 1. The Morgan fingerprint density at radius 1 is 1.05 bits per heavy atom. The van der Waals surface area contributed by atoms with Crippen LogP contribution in [-0.2, 0) is 0 Å². The first-order chi connectivity index (χ1) is 9.29. The molecular weight excluding hydrogens is 232 g/mol. The van der Waals surface area contributed by atoms with Crippen molar-refractivity contribution < 1.29 is 0 Å². The van der Waals surface area contributed by atoms with Crippen molar-refractivity contribution in [2.24, 2.45) is 23.7 Å². The van der Waals surface area contributed by atoms with Gasteiger partial charge in [-0.05, 0) is 75.7 Å². The molecule has 19 heavy (non-hydrogen) atoms. The van der Waals surface area contributed by atoms with E-state index < -0.39 is 0 Å². The van der Waals surface area contributed by atoms with Crippen LogP contribution >= 0.6 is 0 Å². The molecular formula is C17H30N2. The van der Waals surface area contributed by atoms with Crippen molar-refractivity contribution in [3.05, 3.63) is 0 Å².